The van der Waals surface area contributed by atoms with Crippen LogP contribution in [0.2, 0.25) is 5.02 Å². The Balaban J connectivity index is 1.76. The van der Waals surface area contributed by atoms with Gasteiger partial charge in [0.15, 0.2) is 5.11 Å². The second-order valence-corrected chi connectivity index (χ2v) is 7.86. The lowest BCUT2D eigenvalue weighted by atomic mass is 10.0. The van der Waals surface area contributed by atoms with Crippen molar-refractivity contribution in [3.05, 3.63) is 57.9 Å². The molecule has 24 heavy (non-hydrogen) atoms. The highest BCUT2D eigenvalue weighted by atomic mass is 35.5. The molecular weight excluding hydrogens is 363 g/mol. The van der Waals surface area contributed by atoms with Crippen LogP contribution >= 0.6 is 35.6 Å². The van der Waals surface area contributed by atoms with Crippen molar-refractivity contribution in [2.24, 2.45) is 0 Å². The van der Waals surface area contributed by atoms with Gasteiger partial charge >= 0.3 is 0 Å². The van der Waals surface area contributed by atoms with Gasteiger partial charge in [0.25, 0.3) is 0 Å². The zero-order valence-electron chi connectivity index (χ0n) is 13.5. The van der Waals surface area contributed by atoms with Gasteiger partial charge < -0.3 is 10.6 Å². The van der Waals surface area contributed by atoms with Gasteiger partial charge in [-0.1, -0.05) is 17.7 Å². The second kappa shape index (κ2) is 7.30. The molecule has 126 valence electrons. The fraction of sp³-hybridized carbons (Fsp3) is 0.278. The lowest BCUT2D eigenvalue weighted by Gasteiger charge is -2.27. The SMILES string of the molecule is Cc1cc(C)c(NC(=S)N[C@H]2CCSc3ccc(F)cc32)c(Cl)c1. The van der Waals surface area contributed by atoms with Gasteiger partial charge in [-0.05, 0) is 73.4 Å². The fourth-order valence-corrected chi connectivity index (χ4v) is 4.62. The molecule has 0 aromatic heterocycles. The highest BCUT2D eigenvalue weighted by Gasteiger charge is 2.22. The number of rotatable bonds is 2. The first-order chi connectivity index (χ1) is 11.4. The molecule has 1 aliphatic heterocycles. The van der Waals surface area contributed by atoms with Crippen molar-refractivity contribution >= 4 is 46.4 Å². The third-order valence-corrected chi connectivity index (χ3v) is 5.63. The maximum atomic E-state index is 13.6. The molecule has 1 atom stereocenters. The van der Waals surface area contributed by atoms with Crippen molar-refractivity contribution in [3.63, 3.8) is 0 Å². The van der Waals surface area contributed by atoms with E-state index in [-0.39, 0.29) is 11.9 Å². The minimum atomic E-state index is -0.223. The minimum absolute atomic E-state index is 0.00137. The molecule has 0 unspecified atom stereocenters. The van der Waals surface area contributed by atoms with Gasteiger partial charge in [-0.15, -0.1) is 11.8 Å². The lowest BCUT2D eigenvalue weighted by Crippen LogP contribution is -2.34. The molecule has 0 aliphatic carbocycles. The van der Waals surface area contributed by atoms with Gasteiger partial charge in [-0.2, -0.15) is 0 Å². The Morgan fingerprint density at radius 2 is 2.08 bits per heavy atom. The summed E-state index contributed by atoms with van der Waals surface area (Å²) in [5, 5.41) is 7.63. The van der Waals surface area contributed by atoms with Gasteiger partial charge in [0.2, 0.25) is 0 Å². The Bertz CT molecular complexity index is 772. The van der Waals surface area contributed by atoms with Crippen LogP contribution in [0.4, 0.5) is 10.1 Å². The average molecular weight is 381 g/mol. The molecule has 0 saturated heterocycles. The summed E-state index contributed by atoms with van der Waals surface area (Å²) in [6, 6.07) is 8.88. The molecule has 2 nitrogen and oxygen atoms in total. The van der Waals surface area contributed by atoms with E-state index >= 15 is 0 Å². The molecule has 0 saturated carbocycles. The number of hydrogen-bond acceptors (Lipinski definition) is 2. The number of benzene rings is 2. The quantitative estimate of drug-likeness (QED) is 0.660. The molecule has 2 aromatic rings. The van der Waals surface area contributed by atoms with E-state index in [2.05, 4.69) is 16.7 Å². The van der Waals surface area contributed by atoms with E-state index in [1.165, 1.54) is 6.07 Å². The van der Waals surface area contributed by atoms with Crippen molar-refractivity contribution in [2.75, 3.05) is 11.1 Å². The maximum Gasteiger partial charge on any atom is 0.171 e. The highest BCUT2D eigenvalue weighted by molar-refractivity contribution is 7.99. The predicted octanol–water partition coefficient (Wildman–Crippen LogP) is 5.62. The monoisotopic (exact) mass is 380 g/mol. The molecule has 0 bridgehead atoms. The molecule has 0 radical (unpaired) electrons. The summed E-state index contributed by atoms with van der Waals surface area (Å²) in [4.78, 5) is 1.10. The molecule has 2 N–H and O–H groups in total. The first kappa shape index (κ1) is 17.5. The predicted molar refractivity (Wildman–Crippen MR) is 105 cm³/mol. The Hall–Kier alpha value is -1.30. The molecule has 2 aromatic carbocycles. The van der Waals surface area contributed by atoms with E-state index in [1.54, 1.807) is 17.8 Å². The molecule has 0 amide bonds. The van der Waals surface area contributed by atoms with Crippen molar-refractivity contribution in [1.82, 2.24) is 5.32 Å². The number of aryl methyl sites for hydroxylation is 2. The summed E-state index contributed by atoms with van der Waals surface area (Å²) in [5.74, 6) is 0.753. The highest BCUT2D eigenvalue weighted by Crippen LogP contribution is 2.36. The summed E-state index contributed by atoms with van der Waals surface area (Å²) in [7, 11) is 0. The van der Waals surface area contributed by atoms with Crippen molar-refractivity contribution in [2.45, 2.75) is 31.2 Å². The van der Waals surface area contributed by atoms with Crippen LogP contribution in [0.25, 0.3) is 0 Å². The molecule has 0 spiro atoms. The maximum absolute atomic E-state index is 13.6. The molecule has 3 rings (SSSR count). The summed E-state index contributed by atoms with van der Waals surface area (Å²) >= 11 is 13.5. The number of nitrogens with one attached hydrogen (secondary N) is 2. The largest absolute Gasteiger partial charge is 0.356 e. The normalized spacial score (nSPS) is 16.4. The van der Waals surface area contributed by atoms with Crippen LogP contribution in [0.15, 0.2) is 35.2 Å². The van der Waals surface area contributed by atoms with E-state index in [1.807, 2.05) is 26.0 Å². The number of hydrogen-bond donors (Lipinski definition) is 2. The molecule has 1 heterocycles. The van der Waals surface area contributed by atoms with Crippen LogP contribution in [0.3, 0.4) is 0 Å². The Kier molecular flexibility index (Phi) is 5.33. The van der Waals surface area contributed by atoms with Crippen LogP contribution in [0, 0.1) is 19.7 Å². The van der Waals surface area contributed by atoms with Crippen LogP contribution in [-0.4, -0.2) is 10.9 Å². The van der Waals surface area contributed by atoms with Crippen LogP contribution in [-0.2, 0) is 0 Å². The standard InChI is InChI=1S/C18H18ClFN2S2/c1-10-7-11(2)17(14(19)8-10)22-18(23)21-15-5-6-24-16-4-3-12(20)9-13(15)16/h3-4,7-9,15H,5-6H2,1-2H3,(H2,21,22,23)/t15-/m0/s1. The van der Waals surface area contributed by atoms with Crippen molar-refractivity contribution < 1.29 is 4.39 Å². The third-order valence-electron chi connectivity index (χ3n) is 3.99. The minimum Gasteiger partial charge on any atom is -0.356 e. The number of thioether (sulfide) groups is 1. The fourth-order valence-electron chi connectivity index (χ4n) is 2.90. The number of halogens is 2. The van der Waals surface area contributed by atoms with Crippen LogP contribution in [0.5, 0.6) is 0 Å². The van der Waals surface area contributed by atoms with E-state index in [0.717, 1.165) is 39.4 Å². The van der Waals surface area contributed by atoms with E-state index in [0.29, 0.717) is 10.1 Å². The summed E-state index contributed by atoms with van der Waals surface area (Å²) in [5.41, 5.74) is 3.91. The lowest BCUT2D eigenvalue weighted by molar-refractivity contribution is 0.587. The average Bonchev–Trinajstić information content (AvgIpc) is 2.51. The van der Waals surface area contributed by atoms with Crippen molar-refractivity contribution in [3.8, 4) is 0 Å². The van der Waals surface area contributed by atoms with Crippen LogP contribution in [0.1, 0.15) is 29.2 Å². The van der Waals surface area contributed by atoms with Gasteiger partial charge in [0.1, 0.15) is 5.82 Å². The summed E-state index contributed by atoms with van der Waals surface area (Å²) in [6.45, 7) is 4.00. The number of thiocarbonyl (C=S) groups is 1. The van der Waals surface area contributed by atoms with E-state index in [4.69, 9.17) is 23.8 Å². The Labute approximate surface area is 156 Å². The zero-order chi connectivity index (χ0) is 17.3. The first-order valence-corrected chi connectivity index (χ1v) is 9.48. The molecule has 0 fully saturated rings. The smallest absolute Gasteiger partial charge is 0.171 e. The zero-order valence-corrected chi connectivity index (χ0v) is 15.8. The number of anilines is 1. The Morgan fingerprint density at radius 3 is 2.83 bits per heavy atom. The molecule has 6 heteroatoms. The summed E-state index contributed by atoms with van der Waals surface area (Å²) < 4.78 is 13.6. The van der Waals surface area contributed by atoms with E-state index in [9.17, 15) is 4.39 Å². The van der Waals surface area contributed by atoms with Gasteiger partial charge in [0.05, 0.1) is 16.8 Å². The molecular formula is C18H18ClFN2S2. The van der Waals surface area contributed by atoms with E-state index < -0.39 is 0 Å². The Morgan fingerprint density at radius 1 is 1.29 bits per heavy atom. The number of fused-ring (bicyclic) bond motifs is 1. The van der Waals surface area contributed by atoms with Gasteiger partial charge in [0, 0.05) is 10.6 Å². The van der Waals surface area contributed by atoms with Gasteiger partial charge in [-0.25, -0.2) is 4.39 Å². The van der Waals surface area contributed by atoms with Crippen molar-refractivity contribution in [1.29, 1.82) is 0 Å². The summed E-state index contributed by atoms with van der Waals surface area (Å²) in [6.07, 6.45) is 0.892. The third kappa shape index (κ3) is 3.85. The van der Waals surface area contributed by atoms with Crippen LogP contribution < -0.4 is 10.6 Å². The topological polar surface area (TPSA) is 24.1 Å². The molecule has 1 aliphatic rings. The van der Waals surface area contributed by atoms with Gasteiger partial charge in [-0.3, -0.25) is 0 Å². The first-order valence-electron chi connectivity index (χ1n) is 7.70. The second-order valence-electron chi connectivity index (χ2n) is 5.91.